The van der Waals surface area contributed by atoms with Crippen molar-refractivity contribution in [2.45, 2.75) is 71.1 Å². The smallest absolute Gasteiger partial charge is 0.222 e. The zero-order valence-electron chi connectivity index (χ0n) is 18.7. The third kappa shape index (κ3) is 13.0. The number of amides is 2. The second kappa shape index (κ2) is 17.5. The average Bonchev–Trinajstić information content (AvgIpc) is 2.75. The zero-order valence-corrected chi connectivity index (χ0v) is 18.7. The summed E-state index contributed by atoms with van der Waals surface area (Å²) in [5, 5.41) is 0. The molecular weight excluding hydrogens is 372 g/mol. The van der Waals surface area contributed by atoms with Crippen molar-refractivity contribution in [1.29, 1.82) is 0 Å². The number of hydrogen-bond donors (Lipinski definition) is 1. The van der Waals surface area contributed by atoms with Crippen LogP contribution in [0.25, 0.3) is 0 Å². The number of piperidine rings is 1. The lowest BCUT2D eigenvalue weighted by Gasteiger charge is -2.30. The monoisotopic (exact) mass is 412 g/mol. The fourth-order valence-electron chi connectivity index (χ4n) is 3.31. The second-order valence-electron chi connectivity index (χ2n) is 7.66. The summed E-state index contributed by atoms with van der Waals surface area (Å²) in [5.41, 5.74) is 5.33. The van der Waals surface area contributed by atoms with E-state index in [0.29, 0.717) is 32.4 Å². The molecule has 2 amide bonds. The summed E-state index contributed by atoms with van der Waals surface area (Å²) in [7, 11) is 0. The Hall–Kier alpha value is -2.36. The Labute approximate surface area is 183 Å². The second-order valence-corrected chi connectivity index (χ2v) is 7.66. The number of nitrogens with two attached hydrogens (primary N) is 1. The lowest BCUT2D eigenvalue weighted by atomic mass is 9.96. The van der Waals surface area contributed by atoms with Crippen molar-refractivity contribution in [3.05, 3.63) is 60.8 Å². The van der Waals surface area contributed by atoms with Gasteiger partial charge in [-0.05, 0) is 57.8 Å². The Morgan fingerprint density at radius 3 is 1.73 bits per heavy atom. The van der Waals surface area contributed by atoms with Gasteiger partial charge in [-0.1, -0.05) is 67.7 Å². The van der Waals surface area contributed by atoms with E-state index in [2.05, 4.69) is 67.7 Å². The van der Waals surface area contributed by atoms with Gasteiger partial charge in [0.05, 0.1) is 0 Å². The molecule has 0 bridgehead atoms. The Kier molecular flexibility index (Phi) is 15.0. The number of hydrogen-bond acceptors (Lipinski definition) is 2. The molecule has 166 valence electrons. The summed E-state index contributed by atoms with van der Waals surface area (Å²) in [6, 6.07) is 0. The maximum Gasteiger partial charge on any atom is 0.222 e. The number of nitrogens with zero attached hydrogens (tertiary/aromatic N) is 1. The molecule has 0 aromatic carbocycles. The minimum Gasteiger partial charge on any atom is -0.369 e. The van der Waals surface area contributed by atoms with Crippen LogP contribution in [-0.2, 0) is 9.59 Å². The van der Waals surface area contributed by atoms with Gasteiger partial charge in [-0.2, -0.15) is 0 Å². The molecule has 0 spiro atoms. The molecule has 1 heterocycles. The SMILES string of the molecule is CC/C=C\C/C=C\C/C=C\C/C=C\C/C=C\CCCC(=O)N1CCC(C(N)=O)CC1. The van der Waals surface area contributed by atoms with Crippen LogP contribution in [0, 0.1) is 5.92 Å². The maximum atomic E-state index is 12.2. The normalized spacial score (nSPS) is 16.2. The van der Waals surface area contributed by atoms with Crippen LogP contribution in [0.2, 0.25) is 0 Å². The van der Waals surface area contributed by atoms with E-state index in [1.54, 1.807) is 0 Å². The van der Waals surface area contributed by atoms with E-state index in [1.807, 2.05) is 4.90 Å². The zero-order chi connectivity index (χ0) is 21.9. The molecule has 1 fully saturated rings. The van der Waals surface area contributed by atoms with Crippen LogP contribution in [-0.4, -0.2) is 29.8 Å². The maximum absolute atomic E-state index is 12.2. The van der Waals surface area contributed by atoms with Gasteiger partial charge in [0.2, 0.25) is 11.8 Å². The summed E-state index contributed by atoms with van der Waals surface area (Å²) >= 11 is 0. The Morgan fingerprint density at radius 1 is 0.800 bits per heavy atom. The van der Waals surface area contributed by atoms with Crippen molar-refractivity contribution in [3.8, 4) is 0 Å². The van der Waals surface area contributed by atoms with Gasteiger partial charge in [-0.15, -0.1) is 0 Å². The van der Waals surface area contributed by atoms with Gasteiger partial charge in [0, 0.05) is 25.4 Å². The van der Waals surface area contributed by atoms with Crippen LogP contribution in [0.1, 0.15) is 71.1 Å². The number of carbonyl (C=O) groups is 2. The van der Waals surface area contributed by atoms with E-state index in [1.165, 1.54) is 0 Å². The van der Waals surface area contributed by atoms with E-state index in [-0.39, 0.29) is 17.7 Å². The van der Waals surface area contributed by atoms with Gasteiger partial charge in [0.25, 0.3) is 0 Å². The Bertz CT molecular complexity index is 621. The van der Waals surface area contributed by atoms with E-state index >= 15 is 0 Å². The van der Waals surface area contributed by atoms with Crippen molar-refractivity contribution < 1.29 is 9.59 Å². The standard InChI is InChI=1S/C26H40N2O2/c1-2-3-4-5-6-7-8-9-10-11-12-13-14-15-16-17-18-19-25(29)28-22-20-24(21-23-28)26(27)30/h3-4,6-7,9-10,12-13,15-16,24H,2,5,8,11,14,17-23H2,1H3,(H2,27,30)/b4-3-,7-6-,10-9-,13-12-,16-15-. The first kappa shape index (κ1) is 25.7. The quantitative estimate of drug-likeness (QED) is 0.297. The molecule has 0 aromatic heterocycles. The lowest BCUT2D eigenvalue weighted by molar-refractivity contribution is -0.134. The van der Waals surface area contributed by atoms with Gasteiger partial charge in [0.15, 0.2) is 0 Å². The van der Waals surface area contributed by atoms with Crippen molar-refractivity contribution in [2.75, 3.05) is 13.1 Å². The lowest BCUT2D eigenvalue weighted by Crippen LogP contribution is -2.41. The molecule has 4 heteroatoms. The van der Waals surface area contributed by atoms with Crippen molar-refractivity contribution in [3.63, 3.8) is 0 Å². The number of likely N-dealkylation sites (tertiary alicyclic amines) is 1. The van der Waals surface area contributed by atoms with Crippen molar-refractivity contribution in [1.82, 2.24) is 4.90 Å². The molecular formula is C26H40N2O2. The molecule has 0 saturated carbocycles. The Balaban J connectivity index is 2.00. The van der Waals surface area contributed by atoms with Crippen LogP contribution in [0.15, 0.2) is 60.8 Å². The molecule has 0 unspecified atom stereocenters. The predicted octanol–water partition coefficient (Wildman–Crippen LogP) is 5.63. The van der Waals surface area contributed by atoms with Gasteiger partial charge >= 0.3 is 0 Å². The first-order valence-corrected chi connectivity index (χ1v) is 11.5. The van der Waals surface area contributed by atoms with Crippen molar-refractivity contribution in [2.24, 2.45) is 11.7 Å². The van der Waals surface area contributed by atoms with Gasteiger partial charge in [0.1, 0.15) is 0 Å². The van der Waals surface area contributed by atoms with Crippen LogP contribution in [0.5, 0.6) is 0 Å². The number of carbonyl (C=O) groups excluding carboxylic acids is 2. The van der Waals surface area contributed by atoms with Crippen LogP contribution in [0.4, 0.5) is 0 Å². The Morgan fingerprint density at radius 2 is 1.27 bits per heavy atom. The van der Waals surface area contributed by atoms with Crippen LogP contribution in [0.3, 0.4) is 0 Å². The number of rotatable bonds is 14. The highest BCUT2D eigenvalue weighted by Gasteiger charge is 2.25. The molecule has 0 radical (unpaired) electrons. The molecule has 0 aromatic rings. The van der Waals surface area contributed by atoms with Crippen LogP contribution >= 0.6 is 0 Å². The number of unbranched alkanes of at least 4 members (excludes halogenated alkanes) is 1. The summed E-state index contributed by atoms with van der Waals surface area (Å²) in [4.78, 5) is 25.2. The fourth-order valence-corrected chi connectivity index (χ4v) is 3.31. The van der Waals surface area contributed by atoms with Gasteiger partial charge in [-0.3, -0.25) is 9.59 Å². The molecule has 0 atom stereocenters. The minimum absolute atomic E-state index is 0.0599. The molecule has 1 aliphatic rings. The predicted molar refractivity (Wildman–Crippen MR) is 127 cm³/mol. The van der Waals surface area contributed by atoms with E-state index in [0.717, 1.165) is 44.9 Å². The van der Waals surface area contributed by atoms with E-state index < -0.39 is 0 Å². The number of primary amides is 1. The van der Waals surface area contributed by atoms with Crippen molar-refractivity contribution >= 4 is 11.8 Å². The molecule has 1 rings (SSSR count). The largest absolute Gasteiger partial charge is 0.369 e. The third-order valence-corrected chi connectivity index (χ3v) is 5.17. The molecule has 2 N–H and O–H groups in total. The van der Waals surface area contributed by atoms with E-state index in [9.17, 15) is 9.59 Å². The first-order valence-electron chi connectivity index (χ1n) is 11.5. The summed E-state index contributed by atoms with van der Waals surface area (Å²) in [6.45, 7) is 3.47. The molecule has 4 nitrogen and oxygen atoms in total. The average molecular weight is 413 g/mol. The topological polar surface area (TPSA) is 63.4 Å². The van der Waals surface area contributed by atoms with Crippen LogP contribution < -0.4 is 5.73 Å². The highest BCUT2D eigenvalue weighted by molar-refractivity contribution is 5.78. The molecule has 30 heavy (non-hydrogen) atoms. The molecule has 0 aliphatic carbocycles. The summed E-state index contributed by atoms with van der Waals surface area (Å²) < 4.78 is 0. The number of allylic oxidation sites excluding steroid dienone is 10. The molecule has 1 aliphatic heterocycles. The first-order chi connectivity index (χ1) is 14.6. The summed E-state index contributed by atoms with van der Waals surface area (Å²) in [6.07, 6.45) is 30.7. The highest BCUT2D eigenvalue weighted by atomic mass is 16.2. The van der Waals surface area contributed by atoms with E-state index in [4.69, 9.17) is 5.73 Å². The highest BCUT2D eigenvalue weighted by Crippen LogP contribution is 2.17. The summed E-state index contributed by atoms with van der Waals surface area (Å²) in [5.74, 6) is -0.0962. The minimum atomic E-state index is -0.236. The van der Waals surface area contributed by atoms with Gasteiger partial charge < -0.3 is 10.6 Å². The molecule has 1 saturated heterocycles. The fraction of sp³-hybridized carbons (Fsp3) is 0.538. The third-order valence-electron chi connectivity index (χ3n) is 5.17. The van der Waals surface area contributed by atoms with Gasteiger partial charge in [-0.25, -0.2) is 0 Å².